The third-order valence-electron chi connectivity index (χ3n) is 14.1. The molecule has 0 N–H and O–H groups in total. The summed E-state index contributed by atoms with van der Waals surface area (Å²) in [6, 6.07) is 45.4. The van der Waals surface area contributed by atoms with Gasteiger partial charge in [0.25, 0.3) is 0 Å². The van der Waals surface area contributed by atoms with Gasteiger partial charge in [0.05, 0.1) is 22.8 Å². The molecule has 4 heteroatoms. The molecule has 0 saturated heterocycles. The highest BCUT2D eigenvalue weighted by atomic mass is 15.4. The first kappa shape index (κ1) is 44.6. The van der Waals surface area contributed by atoms with Crippen LogP contribution in [-0.2, 0) is 5.41 Å². The quantitative estimate of drug-likeness (QED) is 0.159. The molecule has 330 valence electrons. The minimum atomic E-state index is -0.00765. The molecule has 2 atom stereocenters. The Kier molecular flexibility index (Phi) is 11.5. The van der Waals surface area contributed by atoms with Gasteiger partial charge in [-0.1, -0.05) is 163 Å². The summed E-state index contributed by atoms with van der Waals surface area (Å²) in [4.78, 5) is 9.99. The second-order valence-corrected chi connectivity index (χ2v) is 20.9. The maximum atomic E-state index is 2.52. The van der Waals surface area contributed by atoms with Crippen molar-refractivity contribution in [1.29, 1.82) is 0 Å². The molecule has 4 nitrogen and oxygen atoms in total. The second-order valence-electron chi connectivity index (χ2n) is 20.9. The third-order valence-corrected chi connectivity index (χ3v) is 14.1. The van der Waals surface area contributed by atoms with Gasteiger partial charge in [-0.2, -0.15) is 0 Å². The van der Waals surface area contributed by atoms with Gasteiger partial charge >= 0.3 is 0 Å². The molecular weight excluding hydrogens is 777 g/mol. The molecule has 6 aromatic rings. The van der Waals surface area contributed by atoms with Gasteiger partial charge in [-0.3, -0.25) is 0 Å². The molecule has 0 amide bonds. The molecule has 2 aliphatic rings. The minimum Gasteiger partial charge on any atom is -0.352 e. The van der Waals surface area contributed by atoms with Crippen molar-refractivity contribution in [2.45, 2.75) is 101 Å². The van der Waals surface area contributed by atoms with E-state index in [0.29, 0.717) is 0 Å². The normalized spacial score (nSPS) is 17.1. The second kappa shape index (κ2) is 16.5. The lowest BCUT2D eigenvalue weighted by atomic mass is 9.77. The van der Waals surface area contributed by atoms with Crippen LogP contribution in [0.1, 0.15) is 114 Å². The molecular formula is C60H70N4. The monoisotopic (exact) mass is 847 g/mol. The lowest BCUT2D eigenvalue weighted by Crippen LogP contribution is -2.45. The smallest absolute Gasteiger partial charge is 0.128 e. The van der Waals surface area contributed by atoms with E-state index < -0.39 is 0 Å². The summed E-state index contributed by atoms with van der Waals surface area (Å²) in [6.45, 7) is 27.8. The molecule has 8 rings (SSSR count). The van der Waals surface area contributed by atoms with E-state index >= 15 is 0 Å². The number of nitrogens with zero attached hydrogens (tertiary/aromatic N) is 4. The van der Waals surface area contributed by atoms with E-state index in [-0.39, 0.29) is 23.2 Å². The van der Waals surface area contributed by atoms with Crippen LogP contribution in [0.2, 0.25) is 0 Å². The topological polar surface area (TPSA) is 13.0 Å². The van der Waals surface area contributed by atoms with Crippen molar-refractivity contribution in [3.63, 3.8) is 0 Å². The van der Waals surface area contributed by atoms with E-state index in [4.69, 9.17) is 0 Å². The van der Waals surface area contributed by atoms with E-state index in [1.807, 2.05) is 0 Å². The van der Waals surface area contributed by atoms with Crippen LogP contribution in [0.4, 0.5) is 0 Å². The molecule has 0 radical (unpaired) electrons. The zero-order valence-corrected chi connectivity index (χ0v) is 41.5. The molecule has 2 heterocycles. The van der Waals surface area contributed by atoms with Gasteiger partial charge < -0.3 is 19.6 Å². The first-order chi connectivity index (χ1) is 30.2. The molecule has 2 aliphatic heterocycles. The number of rotatable bonds is 7. The van der Waals surface area contributed by atoms with Crippen LogP contribution >= 0.6 is 0 Å². The van der Waals surface area contributed by atoms with E-state index in [1.165, 1.54) is 112 Å². The Morgan fingerprint density at radius 3 is 1.11 bits per heavy atom. The molecule has 2 unspecified atom stereocenters. The van der Waals surface area contributed by atoms with Gasteiger partial charge in [0.1, 0.15) is 12.3 Å². The maximum Gasteiger partial charge on any atom is 0.128 e. The van der Waals surface area contributed by atoms with Crippen molar-refractivity contribution in [2.75, 3.05) is 28.2 Å². The number of hydrogen-bond donors (Lipinski definition) is 0. The predicted molar refractivity (Wildman–Crippen MR) is 274 cm³/mol. The molecule has 0 fully saturated rings. The van der Waals surface area contributed by atoms with Crippen molar-refractivity contribution in [1.82, 2.24) is 19.6 Å². The Hall–Kier alpha value is -6.00. The fourth-order valence-corrected chi connectivity index (χ4v) is 12.2. The van der Waals surface area contributed by atoms with E-state index in [0.717, 1.165) is 0 Å². The highest BCUT2D eigenvalue weighted by molar-refractivity contribution is 5.94. The average molecular weight is 847 g/mol. The zero-order chi connectivity index (χ0) is 46.2. The van der Waals surface area contributed by atoms with Crippen LogP contribution in [0.3, 0.4) is 0 Å². The van der Waals surface area contributed by atoms with Crippen molar-refractivity contribution in [3.05, 3.63) is 188 Å². The first-order valence-corrected chi connectivity index (χ1v) is 23.2. The van der Waals surface area contributed by atoms with Crippen LogP contribution in [0.15, 0.2) is 121 Å². The summed E-state index contributed by atoms with van der Waals surface area (Å²) >= 11 is 0. The van der Waals surface area contributed by atoms with Crippen molar-refractivity contribution in [3.8, 4) is 22.3 Å². The van der Waals surface area contributed by atoms with E-state index in [2.05, 4.69) is 252 Å². The van der Waals surface area contributed by atoms with Crippen molar-refractivity contribution in [2.24, 2.45) is 5.41 Å². The maximum absolute atomic E-state index is 2.52. The SMILES string of the molecule is Cc1cc(C)c(C2N(C)C(c3ccccc3)=C(c3ccc(C4=C(c5ccccc5)N(C)C(C(C)(C)C)N4C)cc3)N2C)c(C)c1-c1ccc(-c2c(C)cc(C)c(C(C)(C)C)c2C)cc1. The van der Waals surface area contributed by atoms with Crippen molar-refractivity contribution < 1.29 is 0 Å². The zero-order valence-electron chi connectivity index (χ0n) is 41.5. The molecule has 0 aromatic heterocycles. The standard InChI is InChI=1S/C60H70N4/c1-37-35-39(3)51(41(5)49(37)43-27-29-44(30-28-43)50-38(2)36-40(4)52(42(50)6)59(7,8)9)57-61(13)53(45-23-19-17-20-24-45)54(62(57)14)47-31-33-48(34-32-47)56-55(46-25-21-18-22-26-46)63(15)58(64(56)16)60(10,11)12/h17-36,57-58H,1-16H3. The highest BCUT2D eigenvalue weighted by Crippen LogP contribution is 2.50. The van der Waals surface area contributed by atoms with Gasteiger partial charge in [-0.25, -0.2) is 0 Å². The largest absolute Gasteiger partial charge is 0.352 e. The van der Waals surface area contributed by atoms with Crippen LogP contribution in [0.5, 0.6) is 0 Å². The van der Waals surface area contributed by atoms with Gasteiger partial charge in [0, 0.05) is 55.9 Å². The van der Waals surface area contributed by atoms with Crippen LogP contribution in [0.25, 0.3) is 45.0 Å². The highest BCUT2D eigenvalue weighted by Gasteiger charge is 2.42. The van der Waals surface area contributed by atoms with Gasteiger partial charge in [-0.05, 0) is 114 Å². The summed E-state index contributed by atoms with van der Waals surface area (Å²) in [5.74, 6) is 0. The van der Waals surface area contributed by atoms with E-state index in [9.17, 15) is 0 Å². The molecule has 0 saturated carbocycles. The molecule has 64 heavy (non-hydrogen) atoms. The Morgan fingerprint density at radius 2 is 0.719 bits per heavy atom. The minimum absolute atomic E-state index is 0.00765. The van der Waals surface area contributed by atoms with Gasteiger partial charge in [-0.15, -0.1) is 0 Å². The summed E-state index contributed by atoms with van der Waals surface area (Å²) in [6.07, 6.45) is 0.207. The Labute approximate surface area is 385 Å². The molecule has 0 bridgehead atoms. The summed E-state index contributed by atoms with van der Waals surface area (Å²) in [7, 11) is 9.08. The Morgan fingerprint density at radius 1 is 0.375 bits per heavy atom. The summed E-state index contributed by atoms with van der Waals surface area (Å²) in [5, 5.41) is 0. The average Bonchev–Trinajstić information content (AvgIpc) is 3.65. The van der Waals surface area contributed by atoms with E-state index in [1.54, 1.807) is 0 Å². The first-order valence-electron chi connectivity index (χ1n) is 23.2. The fourth-order valence-electron chi connectivity index (χ4n) is 12.2. The van der Waals surface area contributed by atoms with Crippen LogP contribution < -0.4 is 0 Å². The summed E-state index contributed by atoms with van der Waals surface area (Å²) in [5.41, 5.74) is 26.1. The lowest BCUT2D eigenvalue weighted by molar-refractivity contribution is 0.0915. The number of aryl methyl sites for hydroxylation is 4. The van der Waals surface area contributed by atoms with Gasteiger partial charge in [0.2, 0.25) is 0 Å². The van der Waals surface area contributed by atoms with Gasteiger partial charge in [0.15, 0.2) is 0 Å². The van der Waals surface area contributed by atoms with Crippen LogP contribution in [-0.4, -0.2) is 54.0 Å². The molecule has 0 aliphatic carbocycles. The van der Waals surface area contributed by atoms with Crippen molar-refractivity contribution >= 4 is 22.8 Å². The number of hydrogen-bond acceptors (Lipinski definition) is 4. The van der Waals surface area contributed by atoms with Crippen LogP contribution in [0, 0.1) is 47.0 Å². The number of benzene rings is 6. The predicted octanol–water partition coefficient (Wildman–Crippen LogP) is 14.6. The molecule has 6 aromatic carbocycles. The third kappa shape index (κ3) is 7.53. The Balaban J connectivity index is 1.20. The lowest BCUT2D eigenvalue weighted by Gasteiger charge is -2.40. The molecule has 0 spiro atoms. The summed E-state index contributed by atoms with van der Waals surface area (Å²) < 4.78 is 0. The fraction of sp³-hybridized carbons (Fsp3) is 0.333. The Bertz CT molecular complexity index is 2780.